The molecule has 0 aliphatic carbocycles. The summed E-state index contributed by atoms with van der Waals surface area (Å²) in [5.41, 5.74) is 0.490. The Morgan fingerprint density at radius 3 is 2.70 bits per heavy atom. The summed E-state index contributed by atoms with van der Waals surface area (Å²) in [6.07, 6.45) is 0. The standard InChI is InChI=1S/C14H14BrNO3S/c1-18-10-3-4-12(13(6-10)19-2)14(17)16-7-11-5-9(15)8-20-11/h3-6,8H,7H2,1-2H3,(H,16,17). The molecule has 106 valence electrons. The molecule has 1 amide bonds. The summed E-state index contributed by atoms with van der Waals surface area (Å²) in [6.45, 7) is 0.490. The van der Waals surface area contributed by atoms with Gasteiger partial charge in [-0.25, -0.2) is 0 Å². The van der Waals surface area contributed by atoms with Gasteiger partial charge in [-0.05, 0) is 34.1 Å². The van der Waals surface area contributed by atoms with Gasteiger partial charge < -0.3 is 14.8 Å². The van der Waals surface area contributed by atoms with Crippen molar-refractivity contribution in [3.63, 3.8) is 0 Å². The van der Waals surface area contributed by atoms with Gasteiger partial charge in [-0.3, -0.25) is 4.79 Å². The second kappa shape index (κ2) is 6.76. The van der Waals surface area contributed by atoms with Crippen LogP contribution in [-0.2, 0) is 6.54 Å². The van der Waals surface area contributed by atoms with Gasteiger partial charge in [0.05, 0.1) is 26.3 Å². The molecule has 0 bridgehead atoms. The summed E-state index contributed by atoms with van der Waals surface area (Å²) in [6, 6.07) is 7.10. The van der Waals surface area contributed by atoms with E-state index in [0.717, 1.165) is 9.35 Å². The van der Waals surface area contributed by atoms with E-state index in [1.807, 2.05) is 11.4 Å². The van der Waals surface area contributed by atoms with Crippen LogP contribution >= 0.6 is 27.3 Å². The number of benzene rings is 1. The Labute approximate surface area is 129 Å². The summed E-state index contributed by atoms with van der Waals surface area (Å²) in [4.78, 5) is 13.2. The molecular weight excluding hydrogens is 342 g/mol. The van der Waals surface area contributed by atoms with E-state index in [9.17, 15) is 4.79 Å². The highest BCUT2D eigenvalue weighted by atomic mass is 79.9. The Morgan fingerprint density at radius 2 is 2.10 bits per heavy atom. The van der Waals surface area contributed by atoms with Gasteiger partial charge in [0.2, 0.25) is 0 Å². The molecular formula is C14H14BrNO3S. The zero-order chi connectivity index (χ0) is 14.5. The number of amides is 1. The largest absolute Gasteiger partial charge is 0.497 e. The lowest BCUT2D eigenvalue weighted by atomic mass is 10.1. The van der Waals surface area contributed by atoms with Crippen molar-refractivity contribution in [1.29, 1.82) is 0 Å². The molecule has 1 aromatic carbocycles. The third-order valence-corrected chi connectivity index (χ3v) is 4.40. The van der Waals surface area contributed by atoms with Crippen LogP contribution in [0.15, 0.2) is 34.1 Å². The second-order valence-corrected chi connectivity index (χ2v) is 5.89. The van der Waals surface area contributed by atoms with E-state index in [-0.39, 0.29) is 5.91 Å². The van der Waals surface area contributed by atoms with E-state index < -0.39 is 0 Å². The van der Waals surface area contributed by atoms with Gasteiger partial charge in [0.25, 0.3) is 5.91 Å². The monoisotopic (exact) mass is 355 g/mol. The molecule has 0 spiro atoms. The van der Waals surface area contributed by atoms with Crippen molar-refractivity contribution in [2.45, 2.75) is 6.54 Å². The molecule has 0 radical (unpaired) electrons. The number of carbonyl (C=O) groups is 1. The van der Waals surface area contributed by atoms with E-state index in [2.05, 4.69) is 21.2 Å². The van der Waals surface area contributed by atoms with Crippen molar-refractivity contribution in [1.82, 2.24) is 5.32 Å². The van der Waals surface area contributed by atoms with Crippen molar-refractivity contribution in [3.05, 3.63) is 44.6 Å². The lowest BCUT2D eigenvalue weighted by Gasteiger charge is -2.10. The highest BCUT2D eigenvalue weighted by Gasteiger charge is 2.13. The van der Waals surface area contributed by atoms with E-state index in [1.54, 1.807) is 36.6 Å². The zero-order valence-corrected chi connectivity index (χ0v) is 13.5. The average Bonchev–Trinajstić information content (AvgIpc) is 2.89. The van der Waals surface area contributed by atoms with Crippen LogP contribution < -0.4 is 14.8 Å². The van der Waals surface area contributed by atoms with Gasteiger partial charge in [0.15, 0.2) is 0 Å². The summed E-state index contributed by atoms with van der Waals surface area (Å²) in [5, 5.41) is 4.85. The summed E-state index contributed by atoms with van der Waals surface area (Å²) < 4.78 is 11.3. The number of hydrogen-bond donors (Lipinski definition) is 1. The molecule has 1 N–H and O–H groups in total. The maximum atomic E-state index is 12.2. The van der Waals surface area contributed by atoms with Gasteiger partial charge in [-0.2, -0.15) is 0 Å². The van der Waals surface area contributed by atoms with Gasteiger partial charge in [-0.15, -0.1) is 11.3 Å². The van der Waals surface area contributed by atoms with Crippen LogP contribution in [0.25, 0.3) is 0 Å². The van der Waals surface area contributed by atoms with E-state index in [0.29, 0.717) is 23.6 Å². The topological polar surface area (TPSA) is 47.6 Å². The van der Waals surface area contributed by atoms with Crippen LogP contribution in [0.3, 0.4) is 0 Å². The lowest BCUT2D eigenvalue weighted by molar-refractivity contribution is 0.0948. The van der Waals surface area contributed by atoms with Crippen LogP contribution in [0.5, 0.6) is 11.5 Å². The molecule has 20 heavy (non-hydrogen) atoms. The Bertz CT molecular complexity index is 612. The minimum absolute atomic E-state index is 0.172. The number of carbonyl (C=O) groups excluding carboxylic acids is 1. The summed E-state index contributed by atoms with van der Waals surface area (Å²) in [7, 11) is 3.10. The van der Waals surface area contributed by atoms with Crippen LogP contribution in [0.4, 0.5) is 0 Å². The molecule has 0 atom stereocenters. The number of hydrogen-bond acceptors (Lipinski definition) is 4. The predicted octanol–water partition coefficient (Wildman–Crippen LogP) is 3.46. The van der Waals surface area contributed by atoms with Crippen molar-refractivity contribution >= 4 is 33.2 Å². The molecule has 2 aromatic rings. The number of halogens is 1. The third kappa shape index (κ3) is 3.52. The quantitative estimate of drug-likeness (QED) is 0.893. The Balaban J connectivity index is 2.08. The molecule has 0 fully saturated rings. The Morgan fingerprint density at radius 1 is 1.30 bits per heavy atom. The molecule has 4 nitrogen and oxygen atoms in total. The first kappa shape index (κ1) is 14.9. The SMILES string of the molecule is COc1ccc(C(=O)NCc2cc(Br)cs2)c(OC)c1. The number of methoxy groups -OCH3 is 2. The fourth-order valence-corrected chi connectivity index (χ4v) is 3.09. The van der Waals surface area contributed by atoms with Crippen molar-refractivity contribution in [2.75, 3.05) is 14.2 Å². The number of nitrogens with one attached hydrogen (secondary N) is 1. The van der Waals surface area contributed by atoms with E-state index in [1.165, 1.54) is 7.11 Å². The molecule has 0 saturated heterocycles. The maximum absolute atomic E-state index is 12.2. The number of ether oxygens (including phenoxy) is 2. The van der Waals surface area contributed by atoms with Gasteiger partial charge in [0.1, 0.15) is 11.5 Å². The Hall–Kier alpha value is -1.53. The van der Waals surface area contributed by atoms with Crippen LogP contribution in [0.2, 0.25) is 0 Å². The molecule has 6 heteroatoms. The predicted molar refractivity (Wildman–Crippen MR) is 82.7 cm³/mol. The fraction of sp³-hybridized carbons (Fsp3) is 0.214. The average molecular weight is 356 g/mol. The van der Waals surface area contributed by atoms with Gasteiger partial charge in [0, 0.05) is 20.8 Å². The van der Waals surface area contributed by atoms with E-state index >= 15 is 0 Å². The smallest absolute Gasteiger partial charge is 0.255 e. The third-order valence-electron chi connectivity index (χ3n) is 2.70. The highest BCUT2D eigenvalue weighted by molar-refractivity contribution is 9.10. The maximum Gasteiger partial charge on any atom is 0.255 e. The van der Waals surface area contributed by atoms with Crippen molar-refractivity contribution < 1.29 is 14.3 Å². The first-order valence-corrected chi connectivity index (χ1v) is 7.54. The van der Waals surface area contributed by atoms with Crippen molar-refractivity contribution in [2.24, 2.45) is 0 Å². The zero-order valence-electron chi connectivity index (χ0n) is 11.1. The first-order valence-electron chi connectivity index (χ1n) is 5.87. The minimum Gasteiger partial charge on any atom is -0.497 e. The second-order valence-electron chi connectivity index (χ2n) is 3.98. The molecule has 1 aromatic heterocycles. The number of thiophene rings is 1. The minimum atomic E-state index is -0.172. The lowest BCUT2D eigenvalue weighted by Crippen LogP contribution is -2.22. The van der Waals surface area contributed by atoms with Gasteiger partial charge in [-0.1, -0.05) is 0 Å². The summed E-state index contributed by atoms with van der Waals surface area (Å²) >= 11 is 4.98. The fourth-order valence-electron chi connectivity index (χ4n) is 1.70. The molecule has 0 unspecified atom stereocenters. The summed E-state index contributed by atoms with van der Waals surface area (Å²) in [5.74, 6) is 0.976. The number of rotatable bonds is 5. The van der Waals surface area contributed by atoms with Crippen molar-refractivity contribution in [3.8, 4) is 11.5 Å². The molecule has 1 heterocycles. The molecule has 0 aliphatic rings. The molecule has 0 saturated carbocycles. The van der Waals surface area contributed by atoms with Crippen LogP contribution in [-0.4, -0.2) is 20.1 Å². The molecule has 2 rings (SSSR count). The van der Waals surface area contributed by atoms with E-state index in [4.69, 9.17) is 9.47 Å². The van der Waals surface area contributed by atoms with Gasteiger partial charge >= 0.3 is 0 Å². The first-order chi connectivity index (χ1) is 9.63. The van der Waals surface area contributed by atoms with Crippen LogP contribution in [0.1, 0.15) is 15.2 Å². The normalized spacial score (nSPS) is 10.2. The molecule has 0 aliphatic heterocycles. The van der Waals surface area contributed by atoms with Crippen LogP contribution in [0, 0.1) is 0 Å². The highest BCUT2D eigenvalue weighted by Crippen LogP contribution is 2.25. The Kier molecular flexibility index (Phi) is 5.03.